The normalized spacial score (nSPS) is 14.9. The summed E-state index contributed by atoms with van der Waals surface area (Å²) < 4.78 is 11.4. The molecule has 7 heteroatoms. The molecule has 6 nitrogen and oxygen atoms in total. The number of halogens is 1. The molecule has 1 N–H and O–H groups in total. The van der Waals surface area contributed by atoms with E-state index in [9.17, 15) is 9.59 Å². The van der Waals surface area contributed by atoms with Crippen molar-refractivity contribution in [2.24, 2.45) is 0 Å². The molecule has 1 saturated heterocycles. The number of benzene rings is 1. The van der Waals surface area contributed by atoms with Crippen molar-refractivity contribution >= 4 is 27.7 Å². The fourth-order valence-electron chi connectivity index (χ4n) is 3.01. The van der Waals surface area contributed by atoms with Crippen LogP contribution >= 0.6 is 15.9 Å². The van der Waals surface area contributed by atoms with Gasteiger partial charge < -0.3 is 19.4 Å². The van der Waals surface area contributed by atoms with Crippen LogP contribution in [0, 0.1) is 13.8 Å². The molecule has 0 unspecified atom stereocenters. The molecule has 0 saturated carbocycles. The minimum Gasteiger partial charge on any atom is -0.484 e. The Hall–Kier alpha value is -2.28. The van der Waals surface area contributed by atoms with E-state index in [4.69, 9.17) is 9.15 Å². The van der Waals surface area contributed by atoms with Crippen LogP contribution in [0.25, 0.3) is 0 Å². The van der Waals surface area contributed by atoms with E-state index in [2.05, 4.69) is 21.2 Å². The van der Waals surface area contributed by atoms with Crippen molar-refractivity contribution in [3.63, 3.8) is 0 Å². The van der Waals surface area contributed by atoms with Crippen molar-refractivity contribution < 1.29 is 18.7 Å². The molecule has 3 rings (SSSR count). The summed E-state index contributed by atoms with van der Waals surface area (Å²) in [5.41, 5.74) is 2.33. The number of hydrogen-bond acceptors (Lipinski definition) is 4. The maximum Gasteiger partial charge on any atom is 0.287 e. The highest BCUT2D eigenvalue weighted by Crippen LogP contribution is 2.18. The van der Waals surface area contributed by atoms with Crippen LogP contribution in [0.1, 0.15) is 34.5 Å². The van der Waals surface area contributed by atoms with E-state index in [1.807, 2.05) is 32.0 Å². The Labute approximate surface area is 167 Å². The number of furan rings is 1. The van der Waals surface area contributed by atoms with Crippen LogP contribution in [-0.2, 0) is 4.79 Å². The van der Waals surface area contributed by atoms with Crippen LogP contribution in [0.4, 0.5) is 0 Å². The highest BCUT2D eigenvalue weighted by atomic mass is 79.9. The molecule has 27 heavy (non-hydrogen) atoms. The molecular weight excluding hydrogens is 412 g/mol. The maximum absolute atomic E-state index is 12.4. The Balaban J connectivity index is 1.43. The van der Waals surface area contributed by atoms with Gasteiger partial charge in [0.1, 0.15) is 5.75 Å². The maximum atomic E-state index is 12.4. The van der Waals surface area contributed by atoms with Crippen molar-refractivity contribution in [1.82, 2.24) is 10.2 Å². The van der Waals surface area contributed by atoms with Gasteiger partial charge in [-0.3, -0.25) is 9.59 Å². The Morgan fingerprint density at radius 3 is 2.56 bits per heavy atom. The van der Waals surface area contributed by atoms with Crippen LogP contribution in [0.15, 0.2) is 39.4 Å². The third kappa shape index (κ3) is 5.13. The third-order valence-electron chi connectivity index (χ3n) is 4.82. The highest BCUT2D eigenvalue weighted by Gasteiger charge is 2.25. The van der Waals surface area contributed by atoms with E-state index >= 15 is 0 Å². The largest absolute Gasteiger partial charge is 0.484 e. The van der Waals surface area contributed by atoms with Gasteiger partial charge in [-0.15, -0.1) is 0 Å². The number of amides is 2. The van der Waals surface area contributed by atoms with Crippen molar-refractivity contribution in [3.05, 3.63) is 51.9 Å². The fraction of sp³-hybridized carbons (Fsp3) is 0.400. The molecular formula is C20H23BrN2O4. The smallest absolute Gasteiger partial charge is 0.287 e. The van der Waals surface area contributed by atoms with Gasteiger partial charge in [0, 0.05) is 19.1 Å². The van der Waals surface area contributed by atoms with Crippen molar-refractivity contribution in [2.45, 2.75) is 32.7 Å². The first-order valence-corrected chi connectivity index (χ1v) is 9.75. The lowest BCUT2D eigenvalue weighted by atomic mass is 10.0. The first-order chi connectivity index (χ1) is 12.9. The van der Waals surface area contributed by atoms with Gasteiger partial charge in [-0.1, -0.05) is 6.07 Å². The highest BCUT2D eigenvalue weighted by molar-refractivity contribution is 9.10. The summed E-state index contributed by atoms with van der Waals surface area (Å²) >= 11 is 3.19. The summed E-state index contributed by atoms with van der Waals surface area (Å²) in [4.78, 5) is 26.3. The van der Waals surface area contributed by atoms with E-state index in [-0.39, 0.29) is 30.2 Å². The average molecular weight is 435 g/mol. The SMILES string of the molecule is Cc1ccc(OCC(=O)N2CCC(NC(=O)c3ccc(Br)o3)CC2)cc1C. The quantitative estimate of drug-likeness (QED) is 0.781. The van der Waals surface area contributed by atoms with Gasteiger partial charge in [0.25, 0.3) is 11.8 Å². The monoisotopic (exact) mass is 434 g/mol. The van der Waals surface area contributed by atoms with E-state index < -0.39 is 0 Å². The topological polar surface area (TPSA) is 71.8 Å². The lowest BCUT2D eigenvalue weighted by Crippen LogP contribution is -2.47. The van der Waals surface area contributed by atoms with Crippen LogP contribution in [0.3, 0.4) is 0 Å². The second-order valence-corrected chi connectivity index (χ2v) is 7.55. The molecule has 0 aliphatic carbocycles. The molecule has 1 aromatic heterocycles. The number of aryl methyl sites for hydroxylation is 2. The lowest BCUT2D eigenvalue weighted by Gasteiger charge is -2.32. The zero-order chi connectivity index (χ0) is 19.4. The number of nitrogens with zero attached hydrogens (tertiary/aromatic N) is 1. The molecule has 0 bridgehead atoms. The Kier molecular flexibility index (Phi) is 6.21. The second-order valence-electron chi connectivity index (χ2n) is 6.77. The number of likely N-dealkylation sites (tertiary alicyclic amines) is 1. The Bertz CT molecular complexity index is 825. The first-order valence-electron chi connectivity index (χ1n) is 8.96. The minimum atomic E-state index is -0.233. The number of carbonyl (C=O) groups excluding carboxylic acids is 2. The van der Waals surface area contributed by atoms with Gasteiger partial charge >= 0.3 is 0 Å². The van der Waals surface area contributed by atoms with Crippen LogP contribution in [-0.4, -0.2) is 42.5 Å². The van der Waals surface area contributed by atoms with E-state index in [1.54, 1.807) is 17.0 Å². The van der Waals surface area contributed by atoms with Crippen LogP contribution in [0.2, 0.25) is 0 Å². The number of rotatable bonds is 5. The molecule has 2 amide bonds. The summed E-state index contributed by atoms with van der Waals surface area (Å²) in [6.45, 7) is 5.28. The zero-order valence-corrected chi connectivity index (χ0v) is 17.0. The van der Waals surface area contributed by atoms with Crippen molar-refractivity contribution in [1.29, 1.82) is 0 Å². The number of nitrogens with one attached hydrogen (secondary N) is 1. The molecule has 2 aromatic rings. The molecule has 144 valence electrons. The summed E-state index contributed by atoms with van der Waals surface area (Å²) in [5.74, 6) is 0.719. The van der Waals surface area contributed by atoms with E-state index in [1.165, 1.54) is 5.56 Å². The molecule has 0 radical (unpaired) electrons. The van der Waals surface area contributed by atoms with Gasteiger partial charge in [0.2, 0.25) is 0 Å². The van der Waals surface area contributed by atoms with Gasteiger partial charge in [-0.25, -0.2) is 0 Å². The number of hydrogen-bond donors (Lipinski definition) is 1. The molecule has 2 heterocycles. The molecule has 0 spiro atoms. The number of carbonyl (C=O) groups is 2. The third-order valence-corrected chi connectivity index (χ3v) is 5.25. The zero-order valence-electron chi connectivity index (χ0n) is 15.5. The van der Waals surface area contributed by atoms with E-state index in [0.717, 1.165) is 5.56 Å². The van der Waals surface area contributed by atoms with Crippen molar-refractivity contribution in [3.8, 4) is 5.75 Å². The first kappa shape index (κ1) is 19.5. The minimum absolute atomic E-state index is 0.0277. The molecule has 0 atom stereocenters. The summed E-state index contributed by atoms with van der Waals surface area (Å²) in [6, 6.07) is 9.15. The van der Waals surface area contributed by atoms with Crippen molar-refractivity contribution in [2.75, 3.05) is 19.7 Å². The van der Waals surface area contributed by atoms with Gasteiger partial charge in [-0.05, 0) is 78.0 Å². The van der Waals surface area contributed by atoms with Gasteiger partial charge in [0.15, 0.2) is 17.0 Å². The average Bonchev–Trinajstić information content (AvgIpc) is 3.09. The molecule has 1 aliphatic rings. The van der Waals surface area contributed by atoms with Crippen LogP contribution in [0.5, 0.6) is 5.75 Å². The Morgan fingerprint density at radius 2 is 1.93 bits per heavy atom. The van der Waals surface area contributed by atoms with Gasteiger partial charge in [-0.2, -0.15) is 0 Å². The van der Waals surface area contributed by atoms with Gasteiger partial charge in [0.05, 0.1) is 0 Å². The van der Waals surface area contributed by atoms with Crippen LogP contribution < -0.4 is 10.1 Å². The lowest BCUT2D eigenvalue weighted by molar-refractivity contribution is -0.134. The molecule has 1 aromatic carbocycles. The predicted octanol–water partition coefficient (Wildman–Crippen LogP) is 3.46. The summed E-state index contributed by atoms with van der Waals surface area (Å²) in [6.07, 6.45) is 1.42. The second kappa shape index (κ2) is 8.61. The standard InChI is InChI=1S/C20H23BrN2O4/c1-13-3-4-16(11-14(13)2)26-12-19(24)23-9-7-15(8-10-23)22-20(25)17-5-6-18(21)27-17/h3-6,11,15H,7-10,12H2,1-2H3,(H,22,25). The summed E-state index contributed by atoms with van der Waals surface area (Å²) in [5, 5.41) is 2.95. The predicted molar refractivity (Wildman–Crippen MR) is 105 cm³/mol. The number of ether oxygens (including phenoxy) is 1. The number of piperidine rings is 1. The van der Waals surface area contributed by atoms with E-state index in [0.29, 0.717) is 36.4 Å². The molecule has 1 aliphatic heterocycles. The Morgan fingerprint density at radius 1 is 1.19 bits per heavy atom. The summed E-state index contributed by atoms with van der Waals surface area (Å²) in [7, 11) is 0. The molecule has 1 fully saturated rings. The fourth-order valence-corrected chi connectivity index (χ4v) is 3.31.